The SMILES string of the molecule is CNC(=O)c1nc(C)c(C)c(N2CC[C@@H](NCc3ccc(C)cn3)C2)n1. The van der Waals surface area contributed by atoms with Crippen molar-refractivity contribution in [3.05, 3.63) is 46.7 Å². The number of nitrogens with one attached hydrogen (secondary N) is 2. The number of rotatable bonds is 5. The van der Waals surface area contributed by atoms with Crippen molar-refractivity contribution in [2.45, 2.75) is 39.8 Å². The van der Waals surface area contributed by atoms with E-state index >= 15 is 0 Å². The molecule has 0 unspecified atom stereocenters. The van der Waals surface area contributed by atoms with Gasteiger partial charge in [0.25, 0.3) is 5.91 Å². The predicted octanol–water partition coefficient (Wildman–Crippen LogP) is 1.52. The number of carbonyl (C=O) groups is 1. The number of pyridine rings is 1. The Hall–Kier alpha value is -2.54. The van der Waals surface area contributed by atoms with Crippen LogP contribution in [-0.2, 0) is 6.54 Å². The molecule has 2 N–H and O–H groups in total. The van der Waals surface area contributed by atoms with Crippen LogP contribution in [-0.4, -0.2) is 47.0 Å². The lowest BCUT2D eigenvalue weighted by Gasteiger charge is -2.21. The fraction of sp³-hybridized carbons (Fsp3) is 0.474. The average molecular weight is 354 g/mol. The van der Waals surface area contributed by atoms with Gasteiger partial charge in [0.2, 0.25) is 5.82 Å². The van der Waals surface area contributed by atoms with E-state index in [2.05, 4.69) is 42.6 Å². The van der Waals surface area contributed by atoms with E-state index in [4.69, 9.17) is 0 Å². The van der Waals surface area contributed by atoms with Crippen molar-refractivity contribution in [3.63, 3.8) is 0 Å². The third-order valence-electron chi connectivity index (χ3n) is 4.83. The Morgan fingerprint density at radius 1 is 1.27 bits per heavy atom. The largest absolute Gasteiger partial charge is 0.355 e. The first-order chi connectivity index (χ1) is 12.5. The predicted molar refractivity (Wildman–Crippen MR) is 101 cm³/mol. The molecule has 7 heteroatoms. The molecule has 1 fully saturated rings. The highest BCUT2D eigenvalue weighted by atomic mass is 16.2. The average Bonchev–Trinajstić information content (AvgIpc) is 3.11. The van der Waals surface area contributed by atoms with Crippen LogP contribution in [0.4, 0.5) is 5.82 Å². The van der Waals surface area contributed by atoms with Crippen LogP contribution in [0.5, 0.6) is 0 Å². The normalized spacial score (nSPS) is 16.8. The van der Waals surface area contributed by atoms with Crippen molar-refractivity contribution in [2.24, 2.45) is 0 Å². The van der Waals surface area contributed by atoms with Gasteiger partial charge in [0.05, 0.1) is 5.69 Å². The van der Waals surface area contributed by atoms with E-state index < -0.39 is 0 Å². The molecule has 0 aromatic carbocycles. The lowest BCUT2D eigenvalue weighted by molar-refractivity contribution is 0.0952. The number of anilines is 1. The molecule has 2 aromatic rings. The van der Waals surface area contributed by atoms with E-state index in [-0.39, 0.29) is 11.7 Å². The Morgan fingerprint density at radius 2 is 2.08 bits per heavy atom. The van der Waals surface area contributed by atoms with Gasteiger partial charge in [-0.2, -0.15) is 0 Å². The van der Waals surface area contributed by atoms with Crippen molar-refractivity contribution in [2.75, 3.05) is 25.0 Å². The van der Waals surface area contributed by atoms with Gasteiger partial charge in [-0.3, -0.25) is 9.78 Å². The van der Waals surface area contributed by atoms with E-state index in [1.165, 1.54) is 5.56 Å². The molecule has 0 aliphatic carbocycles. The lowest BCUT2D eigenvalue weighted by atomic mass is 10.2. The standard InChI is InChI=1S/C19H26N6O/c1-12-5-6-15(21-9-12)10-22-16-7-8-25(11-16)18-13(2)14(3)23-17(24-18)19(26)20-4/h5-6,9,16,22H,7-8,10-11H2,1-4H3,(H,20,26)/t16-/m1/s1. The second kappa shape index (κ2) is 7.78. The highest BCUT2D eigenvalue weighted by molar-refractivity contribution is 5.90. The fourth-order valence-electron chi connectivity index (χ4n) is 3.11. The molecule has 0 radical (unpaired) electrons. The zero-order valence-electron chi connectivity index (χ0n) is 15.8. The summed E-state index contributed by atoms with van der Waals surface area (Å²) in [5.41, 5.74) is 4.08. The van der Waals surface area contributed by atoms with Crippen LogP contribution in [0.15, 0.2) is 18.3 Å². The summed E-state index contributed by atoms with van der Waals surface area (Å²) in [5.74, 6) is 0.827. The smallest absolute Gasteiger partial charge is 0.288 e. The van der Waals surface area contributed by atoms with Gasteiger partial charge in [0.15, 0.2) is 0 Å². The van der Waals surface area contributed by atoms with Crippen molar-refractivity contribution in [1.29, 1.82) is 0 Å². The van der Waals surface area contributed by atoms with Crippen molar-refractivity contribution >= 4 is 11.7 Å². The summed E-state index contributed by atoms with van der Waals surface area (Å²) in [5, 5.41) is 6.17. The van der Waals surface area contributed by atoms with E-state index in [0.717, 1.165) is 48.8 Å². The topological polar surface area (TPSA) is 83.0 Å². The summed E-state index contributed by atoms with van der Waals surface area (Å²) in [7, 11) is 1.59. The highest BCUT2D eigenvalue weighted by Gasteiger charge is 2.26. The third kappa shape index (κ3) is 3.99. The Labute approximate surface area is 154 Å². The summed E-state index contributed by atoms with van der Waals surface area (Å²) in [6.45, 7) is 8.49. The molecule has 1 amide bonds. The van der Waals surface area contributed by atoms with E-state index in [0.29, 0.717) is 6.04 Å². The summed E-state index contributed by atoms with van der Waals surface area (Å²) >= 11 is 0. The van der Waals surface area contributed by atoms with Gasteiger partial charge in [-0.1, -0.05) is 6.07 Å². The van der Waals surface area contributed by atoms with Crippen LogP contribution in [0.25, 0.3) is 0 Å². The van der Waals surface area contributed by atoms with Crippen molar-refractivity contribution < 1.29 is 4.79 Å². The van der Waals surface area contributed by atoms with Crippen LogP contribution in [0.1, 0.15) is 39.6 Å². The van der Waals surface area contributed by atoms with Crippen molar-refractivity contribution in [3.8, 4) is 0 Å². The molecule has 3 heterocycles. The fourth-order valence-corrected chi connectivity index (χ4v) is 3.11. The number of aryl methyl sites for hydroxylation is 2. The minimum atomic E-state index is -0.256. The molecule has 1 saturated heterocycles. The van der Waals surface area contributed by atoms with E-state index in [1.54, 1.807) is 7.05 Å². The molecule has 0 saturated carbocycles. The quantitative estimate of drug-likeness (QED) is 0.847. The van der Waals surface area contributed by atoms with Gasteiger partial charge < -0.3 is 15.5 Å². The molecule has 0 bridgehead atoms. The van der Waals surface area contributed by atoms with Gasteiger partial charge in [-0.05, 0) is 38.8 Å². The lowest BCUT2D eigenvalue weighted by Crippen LogP contribution is -2.33. The first-order valence-corrected chi connectivity index (χ1v) is 8.95. The summed E-state index contributed by atoms with van der Waals surface area (Å²) < 4.78 is 0. The van der Waals surface area contributed by atoms with Gasteiger partial charge >= 0.3 is 0 Å². The number of nitrogens with zero attached hydrogens (tertiary/aromatic N) is 4. The second-order valence-corrected chi connectivity index (χ2v) is 6.80. The number of aromatic nitrogens is 3. The Morgan fingerprint density at radius 3 is 2.77 bits per heavy atom. The number of hydrogen-bond acceptors (Lipinski definition) is 6. The monoisotopic (exact) mass is 354 g/mol. The second-order valence-electron chi connectivity index (χ2n) is 6.80. The molecule has 1 atom stereocenters. The van der Waals surface area contributed by atoms with Crippen LogP contribution >= 0.6 is 0 Å². The molecule has 26 heavy (non-hydrogen) atoms. The van der Waals surface area contributed by atoms with Gasteiger partial charge in [0.1, 0.15) is 5.82 Å². The maximum absolute atomic E-state index is 11.9. The van der Waals surface area contributed by atoms with E-state index in [9.17, 15) is 4.79 Å². The zero-order valence-corrected chi connectivity index (χ0v) is 15.8. The zero-order chi connectivity index (χ0) is 18.7. The van der Waals surface area contributed by atoms with Gasteiger partial charge in [-0.15, -0.1) is 0 Å². The number of hydrogen-bond donors (Lipinski definition) is 2. The molecular formula is C19H26N6O. The Balaban J connectivity index is 1.67. The van der Waals surface area contributed by atoms with Gasteiger partial charge in [0, 0.05) is 50.2 Å². The van der Waals surface area contributed by atoms with Crippen LogP contribution < -0.4 is 15.5 Å². The summed E-state index contributed by atoms with van der Waals surface area (Å²) in [6, 6.07) is 4.51. The van der Waals surface area contributed by atoms with Crippen LogP contribution in [0.3, 0.4) is 0 Å². The molecular weight excluding hydrogens is 328 g/mol. The molecule has 1 aliphatic heterocycles. The minimum absolute atomic E-state index is 0.228. The van der Waals surface area contributed by atoms with Crippen LogP contribution in [0.2, 0.25) is 0 Å². The molecule has 0 spiro atoms. The minimum Gasteiger partial charge on any atom is -0.355 e. The van der Waals surface area contributed by atoms with Crippen molar-refractivity contribution in [1.82, 2.24) is 25.6 Å². The molecule has 138 valence electrons. The van der Waals surface area contributed by atoms with Crippen LogP contribution in [0, 0.1) is 20.8 Å². The molecule has 1 aliphatic rings. The van der Waals surface area contributed by atoms with Gasteiger partial charge in [-0.25, -0.2) is 9.97 Å². The van der Waals surface area contributed by atoms with E-state index in [1.807, 2.05) is 27.0 Å². The Bertz CT molecular complexity index is 789. The highest BCUT2D eigenvalue weighted by Crippen LogP contribution is 2.24. The molecule has 3 rings (SSSR count). The molecule has 2 aromatic heterocycles. The molecule has 7 nitrogen and oxygen atoms in total. The number of carbonyl (C=O) groups excluding carboxylic acids is 1. The maximum atomic E-state index is 11.9. The maximum Gasteiger partial charge on any atom is 0.288 e. The summed E-state index contributed by atoms with van der Waals surface area (Å²) in [6.07, 6.45) is 2.93. The number of amides is 1. The summed E-state index contributed by atoms with van der Waals surface area (Å²) in [4.78, 5) is 27.4. The third-order valence-corrected chi connectivity index (χ3v) is 4.83. The first-order valence-electron chi connectivity index (χ1n) is 8.95. The first kappa shape index (κ1) is 18.3. The Kier molecular flexibility index (Phi) is 5.46.